The molecule has 1 amide bonds. The van der Waals surface area contributed by atoms with Crippen LogP contribution in [0, 0.1) is 5.92 Å². The van der Waals surface area contributed by atoms with Gasteiger partial charge in [-0.1, -0.05) is 18.5 Å². The van der Waals surface area contributed by atoms with Crippen LogP contribution in [-0.2, 0) is 4.79 Å². The van der Waals surface area contributed by atoms with Crippen LogP contribution >= 0.6 is 11.6 Å². The van der Waals surface area contributed by atoms with Crippen molar-refractivity contribution in [1.82, 2.24) is 4.90 Å². The molecular formula is C20H20ClNO3. The number of hydrogen-bond donors (Lipinski definition) is 0. The fraction of sp³-hybridized carbons (Fsp3) is 0.300. The highest BCUT2D eigenvalue weighted by Gasteiger charge is 2.23. The fourth-order valence-electron chi connectivity index (χ4n) is 2.87. The predicted octanol–water partition coefficient (Wildman–Crippen LogP) is 3.82. The second kappa shape index (κ2) is 7.70. The molecule has 3 rings (SSSR count). The summed E-state index contributed by atoms with van der Waals surface area (Å²) in [6, 6.07) is 13.6. The Hall–Kier alpha value is -2.33. The molecule has 4 nitrogen and oxygen atoms in total. The van der Waals surface area contributed by atoms with Crippen molar-refractivity contribution in [2.24, 2.45) is 5.92 Å². The van der Waals surface area contributed by atoms with Gasteiger partial charge in [-0.05, 0) is 60.9 Å². The summed E-state index contributed by atoms with van der Waals surface area (Å²) in [4.78, 5) is 26.3. The van der Waals surface area contributed by atoms with Crippen LogP contribution in [0.5, 0.6) is 5.75 Å². The van der Waals surface area contributed by atoms with E-state index in [0.717, 1.165) is 19.5 Å². The summed E-state index contributed by atoms with van der Waals surface area (Å²) < 4.78 is 5.55. The first-order valence-electron chi connectivity index (χ1n) is 8.34. The molecule has 1 saturated heterocycles. The smallest absolute Gasteiger partial charge is 0.260 e. The summed E-state index contributed by atoms with van der Waals surface area (Å²) in [6.07, 6.45) is 1.05. The van der Waals surface area contributed by atoms with E-state index in [-0.39, 0.29) is 18.3 Å². The zero-order valence-electron chi connectivity index (χ0n) is 14.1. The molecule has 0 bridgehead atoms. The molecule has 2 aromatic carbocycles. The van der Waals surface area contributed by atoms with E-state index >= 15 is 0 Å². The van der Waals surface area contributed by atoms with Crippen LogP contribution < -0.4 is 4.74 Å². The van der Waals surface area contributed by atoms with Crippen LogP contribution in [0.25, 0.3) is 0 Å². The average Bonchev–Trinajstić information content (AvgIpc) is 3.07. The molecule has 1 aliphatic rings. The van der Waals surface area contributed by atoms with Crippen LogP contribution in [-0.4, -0.2) is 36.3 Å². The zero-order chi connectivity index (χ0) is 17.8. The number of carbonyl (C=O) groups excluding carboxylic acids is 2. The Kier molecular flexibility index (Phi) is 5.39. The van der Waals surface area contributed by atoms with Gasteiger partial charge in [0.15, 0.2) is 12.4 Å². The highest BCUT2D eigenvalue weighted by atomic mass is 35.5. The maximum absolute atomic E-state index is 12.4. The van der Waals surface area contributed by atoms with Gasteiger partial charge in [0.1, 0.15) is 5.75 Å². The average molecular weight is 358 g/mol. The first-order valence-corrected chi connectivity index (χ1v) is 8.71. The molecule has 1 atom stereocenters. The van der Waals surface area contributed by atoms with Gasteiger partial charge in [-0.15, -0.1) is 0 Å². The lowest BCUT2D eigenvalue weighted by atomic mass is 10.0. The molecule has 1 unspecified atom stereocenters. The Morgan fingerprint density at radius 2 is 1.68 bits per heavy atom. The summed E-state index contributed by atoms with van der Waals surface area (Å²) >= 11 is 5.84. The van der Waals surface area contributed by atoms with Gasteiger partial charge in [-0.3, -0.25) is 9.59 Å². The number of rotatable bonds is 5. The van der Waals surface area contributed by atoms with E-state index in [2.05, 4.69) is 6.92 Å². The SMILES string of the molecule is CC1CCN(C(=O)COc2ccc(C(=O)c3ccc(Cl)cc3)cc2)C1. The van der Waals surface area contributed by atoms with Crippen molar-refractivity contribution in [1.29, 1.82) is 0 Å². The van der Waals surface area contributed by atoms with Gasteiger partial charge in [-0.25, -0.2) is 0 Å². The first-order chi connectivity index (χ1) is 12.0. The van der Waals surface area contributed by atoms with E-state index in [9.17, 15) is 9.59 Å². The van der Waals surface area contributed by atoms with Crippen LogP contribution in [0.3, 0.4) is 0 Å². The lowest BCUT2D eigenvalue weighted by Gasteiger charge is -2.16. The van der Waals surface area contributed by atoms with Crippen molar-refractivity contribution in [2.45, 2.75) is 13.3 Å². The molecule has 1 fully saturated rings. The molecule has 0 aliphatic carbocycles. The van der Waals surface area contributed by atoms with Gasteiger partial charge >= 0.3 is 0 Å². The lowest BCUT2D eigenvalue weighted by Crippen LogP contribution is -2.32. The minimum Gasteiger partial charge on any atom is -0.484 e. The van der Waals surface area contributed by atoms with Crippen molar-refractivity contribution in [3.63, 3.8) is 0 Å². The second-order valence-electron chi connectivity index (χ2n) is 6.38. The van der Waals surface area contributed by atoms with E-state index in [4.69, 9.17) is 16.3 Å². The van der Waals surface area contributed by atoms with Crippen molar-refractivity contribution in [3.8, 4) is 5.75 Å². The fourth-order valence-corrected chi connectivity index (χ4v) is 2.99. The van der Waals surface area contributed by atoms with Crippen LogP contribution in [0.1, 0.15) is 29.3 Å². The lowest BCUT2D eigenvalue weighted by molar-refractivity contribution is -0.132. The number of ketones is 1. The minimum absolute atomic E-state index is 0.00525. The van der Waals surface area contributed by atoms with E-state index < -0.39 is 0 Å². The number of hydrogen-bond acceptors (Lipinski definition) is 3. The zero-order valence-corrected chi connectivity index (χ0v) is 14.8. The van der Waals surface area contributed by atoms with E-state index in [1.54, 1.807) is 48.5 Å². The van der Waals surface area contributed by atoms with Gasteiger partial charge in [0, 0.05) is 29.2 Å². The van der Waals surface area contributed by atoms with Crippen LogP contribution in [0.4, 0.5) is 0 Å². The Morgan fingerprint density at radius 3 is 2.24 bits per heavy atom. The van der Waals surface area contributed by atoms with Crippen molar-refractivity contribution >= 4 is 23.3 Å². The van der Waals surface area contributed by atoms with E-state index in [1.165, 1.54) is 0 Å². The number of carbonyl (C=O) groups is 2. The highest BCUT2D eigenvalue weighted by Crippen LogP contribution is 2.18. The molecule has 2 aromatic rings. The Morgan fingerprint density at radius 1 is 1.08 bits per heavy atom. The number of halogens is 1. The Balaban J connectivity index is 1.57. The van der Waals surface area contributed by atoms with Gasteiger partial charge in [-0.2, -0.15) is 0 Å². The van der Waals surface area contributed by atoms with E-state index in [1.807, 2.05) is 4.90 Å². The normalized spacial score (nSPS) is 16.7. The number of ether oxygens (including phenoxy) is 1. The van der Waals surface area contributed by atoms with E-state index in [0.29, 0.717) is 27.8 Å². The van der Waals surface area contributed by atoms with Crippen molar-refractivity contribution in [2.75, 3.05) is 19.7 Å². The quantitative estimate of drug-likeness (QED) is 0.764. The third-order valence-electron chi connectivity index (χ3n) is 4.36. The first kappa shape index (κ1) is 17.5. The highest BCUT2D eigenvalue weighted by molar-refractivity contribution is 6.30. The summed E-state index contributed by atoms with van der Waals surface area (Å²) in [6.45, 7) is 3.77. The number of nitrogens with zero attached hydrogens (tertiary/aromatic N) is 1. The third-order valence-corrected chi connectivity index (χ3v) is 4.61. The van der Waals surface area contributed by atoms with Crippen molar-refractivity contribution < 1.29 is 14.3 Å². The number of amides is 1. The minimum atomic E-state index is -0.0784. The standard InChI is InChI=1S/C20H20ClNO3/c1-14-10-11-22(12-14)19(23)13-25-18-8-4-16(5-9-18)20(24)15-2-6-17(21)7-3-15/h2-9,14H,10-13H2,1H3. The molecular weight excluding hydrogens is 338 g/mol. The molecule has 5 heteroatoms. The topological polar surface area (TPSA) is 46.6 Å². The maximum atomic E-state index is 12.4. The third kappa shape index (κ3) is 4.40. The molecule has 25 heavy (non-hydrogen) atoms. The largest absolute Gasteiger partial charge is 0.484 e. The molecule has 130 valence electrons. The summed E-state index contributed by atoms with van der Waals surface area (Å²) in [5.74, 6) is 1.06. The van der Waals surface area contributed by atoms with Crippen LogP contribution in [0.15, 0.2) is 48.5 Å². The predicted molar refractivity (Wildman–Crippen MR) is 97.2 cm³/mol. The second-order valence-corrected chi connectivity index (χ2v) is 6.82. The van der Waals surface area contributed by atoms with Gasteiger partial charge in [0.25, 0.3) is 5.91 Å². The maximum Gasteiger partial charge on any atom is 0.260 e. The Labute approximate surface area is 152 Å². The monoisotopic (exact) mass is 357 g/mol. The van der Waals surface area contributed by atoms with Gasteiger partial charge in [0.05, 0.1) is 0 Å². The summed E-state index contributed by atoms with van der Waals surface area (Å²) in [7, 11) is 0. The molecule has 0 aromatic heterocycles. The van der Waals surface area contributed by atoms with Gasteiger partial charge < -0.3 is 9.64 Å². The number of likely N-dealkylation sites (tertiary alicyclic amines) is 1. The molecule has 1 aliphatic heterocycles. The molecule has 0 saturated carbocycles. The summed E-state index contributed by atoms with van der Waals surface area (Å²) in [5.41, 5.74) is 1.14. The van der Waals surface area contributed by atoms with Crippen molar-refractivity contribution in [3.05, 3.63) is 64.7 Å². The molecule has 0 spiro atoms. The number of benzene rings is 2. The molecule has 1 heterocycles. The summed E-state index contributed by atoms with van der Waals surface area (Å²) in [5, 5.41) is 0.595. The molecule has 0 radical (unpaired) electrons. The van der Waals surface area contributed by atoms with Gasteiger partial charge in [0.2, 0.25) is 0 Å². The van der Waals surface area contributed by atoms with Crippen LogP contribution in [0.2, 0.25) is 5.02 Å². The Bertz CT molecular complexity index is 756. The molecule has 0 N–H and O–H groups in total.